The molecule has 0 saturated carbocycles. The molecule has 48 heavy (non-hydrogen) atoms. The van der Waals surface area contributed by atoms with E-state index < -0.39 is 0 Å². The first-order chi connectivity index (χ1) is 23.8. The molecular formula is C46H31NS. The number of fused-ring (bicyclic) bond motifs is 4. The van der Waals surface area contributed by atoms with Crippen molar-refractivity contribution in [2.75, 3.05) is 4.90 Å². The predicted molar refractivity (Wildman–Crippen MR) is 208 cm³/mol. The van der Waals surface area contributed by atoms with Crippen LogP contribution in [0, 0.1) is 0 Å². The number of hydrogen-bond acceptors (Lipinski definition) is 2. The highest BCUT2D eigenvalue weighted by molar-refractivity contribution is 7.25. The maximum Gasteiger partial charge on any atom is 0.0462 e. The van der Waals surface area contributed by atoms with Gasteiger partial charge in [-0.25, -0.2) is 0 Å². The fraction of sp³-hybridized carbons (Fsp3) is 0. The first-order valence-corrected chi connectivity index (χ1v) is 17.2. The topological polar surface area (TPSA) is 3.24 Å². The Balaban J connectivity index is 1.09. The van der Waals surface area contributed by atoms with Gasteiger partial charge in [-0.2, -0.15) is 0 Å². The molecule has 8 aromatic carbocycles. The van der Waals surface area contributed by atoms with Gasteiger partial charge in [0.1, 0.15) is 0 Å². The maximum atomic E-state index is 2.36. The van der Waals surface area contributed by atoms with Crippen LogP contribution < -0.4 is 4.90 Å². The molecule has 0 atom stereocenters. The van der Waals surface area contributed by atoms with E-state index in [9.17, 15) is 0 Å². The smallest absolute Gasteiger partial charge is 0.0462 e. The summed E-state index contributed by atoms with van der Waals surface area (Å²) in [5, 5.41) is 5.22. The Morgan fingerprint density at radius 2 is 0.750 bits per heavy atom. The van der Waals surface area contributed by atoms with E-state index in [0.29, 0.717) is 0 Å². The summed E-state index contributed by atoms with van der Waals surface area (Å²) >= 11 is 1.87. The standard InChI is InChI=1S/C46H31NS/c1-3-9-32(10-4-1)34-17-23-40(24-18-34)47(41-25-19-35(20-26-41)33-11-5-2-6-12-33)42-27-21-36(22-28-42)37-15-16-38-31-46-44(30-39(38)29-37)43-13-7-8-14-45(43)48-46/h1-31H. The summed E-state index contributed by atoms with van der Waals surface area (Å²) < 4.78 is 2.68. The van der Waals surface area contributed by atoms with E-state index in [1.165, 1.54) is 64.3 Å². The molecule has 0 fully saturated rings. The third-order valence-corrected chi connectivity index (χ3v) is 10.4. The normalized spacial score (nSPS) is 11.3. The van der Waals surface area contributed by atoms with Crippen LogP contribution in [0.2, 0.25) is 0 Å². The highest BCUT2D eigenvalue weighted by atomic mass is 32.1. The molecule has 9 rings (SSSR count). The van der Waals surface area contributed by atoms with Crippen LogP contribution in [0.25, 0.3) is 64.3 Å². The first kappa shape index (κ1) is 28.3. The second-order valence-electron chi connectivity index (χ2n) is 12.2. The molecule has 0 radical (unpaired) electrons. The largest absolute Gasteiger partial charge is 0.311 e. The zero-order valence-electron chi connectivity index (χ0n) is 26.3. The van der Waals surface area contributed by atoms with Gasteiger partial charge in [0.15, 0.2) is 0 Å². The molecule has 0 amide bonds. The number of hydrogen-bond donors (Lipinski definition) is 0. The highest BCUT2D eigenvalue weighted by Gasteiger charge is 2.14. The van der Waals surface area contributed by atoms with Crippen molar-refractivity contribution in [3.05, 3.63) is 188 Å². The zero-order chi connectivity index (χ0) is 31.9. The Labute approximate surface area is 284 Å². The van der Waals surface area contributed by atoms with Gasteiger partial charge >= 0.3 is 0 Å². The van der Waals surface area contributed by atoms with E-state index in [4.69, 9.17) is 0 Å². The fourth-order valence-corrected chi connectivity index (χ4v) is 7.90. The highest BCUT2D eigenvalue weighted by Crippen LogP contribution is 2.39. The molecule has 0 saturated heterocycles. The van der Waals surface area contributed by atoms with Gasteiger partial charge in [0.05, 0.1) is 0 Å². The lowest BCUT2D eigenvalue weighted by Gasteiger charge is -2.26. The molecule has 1 heterocycles. The summed E-state index contributed by atoms with van der Waals surface area (Å²) in [5.41, 5.74) is 10.6. The molecule has 0 aliphatic rings. The summed E-state index contributed by atoms with van der Waals surface area (Å²) in [7, 11) is 0. The third kappa shape index (κ3) is 5.23. The number of anilines is 3. The van der Waals surface area contributed by atoms with Crippen molar-refractivity contribution in [2.24, 2.45) is 0 Å². The van der Waals surface area contributed by atoms with Crippen molar-refractivity contribution in [3.63, 3.8) is 0 Å². The molecule has 0 spiro atoms. The Bertz CT molecular complexity index is 2430. The Morgan fingerprint density at radius 1 is 0.292 bits per heavy atom. The van der Waals surface area contributed by atoms with E-state index in [1.807, 2.05) is 11.3 Å². The van der Waals surface area contributed by atoms with Crippen molar-refractivity contribution < 1.29 is 0 Å². The Kier molecular flexibility index (Phi) is 7.07. The van der Waals surface area contributed by atoms with Gasteiger partial charge in [-0.15, -0.1) is 11.3 Å². The number of thiophene rings is 1. The van der Waals surface area contributed by atoms with Gasteiger partial charge < -0.3 is 4.90 Å². The Morgan fingerprint density at radius 3 is 1.31 bits per heavy atom. The van der Waals surface area contributed by atoms with Crippen LogP contribution in [0.3, 0.4) is 0 Å². The summed E-state index contributed by atoms with van der Waals surface area (Å²) in [4.78, 5) is 2.34. The van der Waals surface area contributed by atoms with Gasteiger partial charge in [0.2, 0.25) is 0 Å². The van der Waals surface area contributed by atoms with Gasteiger partial charge in [-0.1, -0.05) is 127 Å². The lowest BCUT2D eigenvalue weighted by atomic mass is 9.99. The van der Waals surface area contributed by atoms with Gasteiger partial charge in [0, 0.05) is 37.2 Å². The van der Waals surface area contributed by atoms with Crippen LogP contribution in [-0.4, -0.2) is 0 Å². The lowest BCUT2D eigenvalue weighted by Crippen LogP contribution is -2.09. The molecule has 9 aromatic rings. The van der Waals surface area contributed by atoms with Crippen molar-refractivity contribution in [1.82, 2.24) is 0 Å². The molecule has 0 N–H and O–H groups in total. The zero-order valence-corrected chi connectivity index (χ0v) is 27.1. The van der Waals surface area contributed by atoms with Crippen LogP contribution in [-0.2, 0) is 0 Å². The number of rotatable bonds is 6. The molecule has 226 valence electrons. The van der Waals surface area contributed by atoms with E-state index >= 15 is 0 Å². The minimum Gasteiger partial charge on any atom is -0.311 e. The number of benzene rings is 8. The first-order valence-electron chi connectivity index (χ1n) is 16.3. The quantitative estimate of drug-likeness (QED) is 0.177. The average molecular weight is 630 g/mol. The van der Waals surface area contributed by atoms with Crippen LogP contribution in [0.15, 0.2) is 188 Å². The van der Waals surface area contributed by atoms with Crippen LogP contribution in [0.5, 0.6) is 0 Å². The minimum absolute atomic E-state index is 1.12. The molecule has 2 heteroatoms. The van der Waals surface area contributed by atoms with Crippen molar-refractivity contribution >= 4 is 59.3 Å². The van der Waals surface area contributed by atoms with Gasteiger partial charge in [-0.05, 0) is 105 Å². The van der Waals surface area contributed by atoms with E-state index in [-0.39, 0.29) is 0 Å². The summed E-state index contributed by atoms with van der Waals surface area (Å²) in [6.45, 7) is 0. The SMILES string of the molecule is c1ccc(-c2ccc(N(c3ccc(-c4ccccc4)cc3)c3ccc(-c4ccc5cc6sc7ccccc7c6cc5c4)cc3)cc2)cc1. The van der Waals surface area contributed by atoms with Crippen LogP contribution in [0.1, 0.15) is 0 Å². The monoisotopic (exact) mass is 629 g/mol. The van der Waals surface area contributed by atoms with E-state index in [1.54, 1.807) is 0 Å². The van der Waals surface area contributed by atoms with Crippen LogP contribution in [0.4, 0.5) is 17.1 Å². The summed E-state index contributed by atoms with van der Waals surface area (Å²) in [6.07, 6.45) is 0. The van der Waals surface area contributed by atoms with Crippen molar-refractivity contribution in [3.8, 4) is 33.4 Å². The molecule has 1 nitrogen and oxygen atoms in total. The third-order valence-electron chi connectivity index (χ3n) is 9.26. The van der Waals surface area contributed by atoms with E-state index in [2.05, 4.69) is 193 Å². The van der Waals surface area contributed by atoms with Gasteiger partial charge in [0.25, 0.3) is 0 Å². The second-order valence-corrected chi connectivity index (χ2v) is 13.3. The van der Waals surface area contributed by atoms with Crippen molar-refractivity contribution in [1.29, 1.82) is 0 Å². The molecule has 0 aliphatic heterocycles. The maximum absolute atomic E-state index is 2.36. The molecule has 0 unspecified atom stereocenters. The minimum atomic E-state index is 1.12. The molecule has 0 bridgehead atoms. The molecule has 1 aromatic heterocycles. The lowest BCUT2D eigenvalue weighted by molar-refractivity contribution is 1.28. The second kappa shape index (κ2) is 12.0. The number of nitrogens with zero attached hydrogens (tertiary/aromatic N) is 1. The summed E-state index contributed by atoms with van der Waals surface area (Å²) in [6, 6.07) is 68.1. The predicted octanol–water partition coefficient (Wildman–Crippen LogP) is 13.7. The molecule has 0 aliphatic carbocycles. The molecular weight excluding hydrogens is 599 g/mol. The van der Waals surface area contributed by atoms with Gasteiger partial charge in [-0.3, -0.25) is 0 Å². The van der Waals surface area contributed by atoms with Crippen LogP contribution >= 0.6 is 11.3 Å². The fourth-order valence-electron chi connectivity index (χ4n) is 6.77. The Hall–Kier alpha value is -5.96. The van der Waals surface area contributed by atoms with E-state index in [0.717, 1.165) is 17.1 Å². The average Bonchev–Trinajstić information content (AvgIpc) is 3.53. The summed E-state index contributed by atoms with van der Waals surface area (Å²) in [5.74, 6) is 0. The van der Waals surface area contributed by atoms with Crippen molar-refractivity contribution in [2.45, 2.75) is 0 Å².